The Labute approximate surface area is 118 Å². The summed E-state index contributed by atoms with van der Waals surface area (Å²) in [6, 6.07) is 9.17. The third-order valence-electron chi connectivity index (χ3n) is 2.90. The first-order chi connectivity index (χ1) is 9.34. The Morgan fingerprint density at radius 1 is 1.20 bits per heavy atom. The summed E-state index contributed by atoms with van der Waals surface area (Å²) in [6.45, 7) is 8.22. The van der Waals surface area contributed by atoms with Crippen molar-refractivity contribution < 1.29 is 4.79 Å². The molecule has 106 valence electrons. The average Bonchev–Trinajstić information content (AvgIpc) is 2.76. The number of anilines is 2. The molecule has 1 aromatic heterocycles. The maximum absolute atomic E-state index is 11.9. The minimum Gasteiger partial charge on any atom is -0.308 e. The number of aryl methyl sites for hydroxylation is 1. The molecule has 0 aliphatic carbocycles. The number of carbonyl (C=O) groups is 1. The van der Waals surface area contributed by atoms with E-state index in [-0.39, 0.29) is 11.4 Å². The van der Waals surface area contributed by atoms with Gasteiger partial charge in [0.2, 0.25) is 0 Å². The van der Waals surface area contributed by atoms with Crippen LogP contribution in [0.15, 0.2) is 30.3 Å². The molecule has 0 spiro atoms. The van der Waals surface area contributed by atoms with Crippen molar-refractivity contribution in [2.24, 2.45) is 0 Å². The van der Waals surface area contributed by atoms with Gasteiger partial charge in [0.1, 0.15) is 0 Å². The highest BCUT2D eigenvalue weighted by Gasteiger charge is 2.17. The summed E-state index contributed by atoms with van der Waals surface area (Å²) in [5.41, 5.74) is 2.80. The summed E-state index contributed by atoms with van der Waals surface area (Å²) < 4.78 is 0. The lowest BCUT2D eigenvalue weighted by Gasteiger charge is -2.14. The number of nitrogens with one attached hydrogen (secondary N) is 3. The quantitative estimate of drug-likeness (QED) is 0.780. The topological polar surface area (TPSA) is 69.8 Å². The van der Waals surface area contributed by atoms with Gasteiger partial charge in [-0.25, -0.2) is 4.79 Å². The number of carbonyl (C=O) groups excluding carboxylic acids is 1. The van der Waals surface area contributed by atoms with Gasteiger partial charge in [0.15, 0.2) is 5.82 Å². The first-order valence-corrected chi connectivity index (χ1v) is 6.55. The standard InChI is InChI=1S/C15H20N4O/c1-10-6-5-7-11(8-10)16-14(20)17-13-9-12(18-19-13)15(2,3)4/h5-9H,1-4H3,(H3,16,17,18,19,20). The fourth-order valence-electron chi connectivity index (χ4n) is 1.77. The fraction of sp³-hybridized carbons (Fsp3) is 0.333. The summed E-state index contributed by atoms with van der Waals surface area (Å²) in [5, 5.41) is 12.5. The van der Waals surface area contributed by atoms with Crippen LogP contribution in [0.1, 0.15) is 32.0 Å². The molecule has 0 atom stereocenters. The van der Waals surface area contributed by atoms with Gasteiger partial charge in [0.25, 0.3) is 0 Å². The van der Waals surface area contributed by atoms with Gasteiger partial charge in [-0.1, -0.05) is 32.9 Å². The van der Waals surface area contributed by atoms with Crippen LogP contribution in [0.25, 0.3) is 0 Å². The first kappa shape index (κ1) is 14.1. The van der Waals surface area contributed by atoms with E-state index in [4.69, 9.17) is 0 Å². The molecule has 1 aromatic carbocycles. The van der Waals surface area contributed by atoms with Crippen molar-refractivity contribution in [1.82, 2.24) is 10.2 Å². The van der Waals surface area contributed by atoms with E-state index in [0.29, 0.717) is 5.82 Å². The number of hydrogen-bond donors (Lipinski definition) is 3. The van der Waals surface area contributed by atoms with Crippen molar-refractivity contribution >= 4 is 17.5 Å². The molecule has 0 radical (unpaired) electrons. The van der Waals surface area contributed by atoms with E-state index in [0.717, 1.165) is 16.9 Å². The van der Waals surface area contributed by atoms with Gasteiger partial charge in [-0.2, -0.15) is 5.10 Å². The zero-order valence-electron chi connectivity index (χ0n) is 12.2. The Hall–Kier alpha value is -2.30. The zero-order chi connectivity index (χ0) is 14.8. The van der Waals surface area contributed by atoms with E-state index < -0.39 is 0 Å². The second kappa shape index (κ2) is 5.36. The Balaban J connectivity index is 2.00. The molecule has 3 N–H and O–H groups in total. The highest BCUT2D eigenvalue weighted by molar-refractivity contribution is 5.99. The number of aromatic nitrogens is 2. The van der Waals surface area contributed by atoms with Crippen molar-refractivity contribution in [1.29, 1.82) is 0 Å². The van der Waals surface area contributed by atoms with E-state index in [1.165, 1.54) is 0 Å². The smallest absolute Gasteiger partial charge is 0.308 e. The molecule has 2 amide bonds. The Kier molecular flexibility index (Phi) is 3.79. The van der Waals surface area contributed by atoms with Crippen LogP contribution in [0.3, 0.4) is 0 Å². The van der Waals surface area contributed by atoms with Crippen LogP contribution >= 0.6 is 0 Å². The lowest BCUT2D eigenvalue weighted by molar-refractivity contribution is 0.262. The molecule has 0 bridgehead atoms. The van der Waals surface area contributed by atoms with Gasteiger partial charge < -0.3 is 5.32 Å². The number of benzene rings is 1. The predicted octanol–water partition coefficient (Wildman–Crippen LogP) is 3.66. The average molecular weight is 272 g/mol. The van der Waals surface area contributed by atoms with Gasteiger partial charge in [0.05, 0.1) is 0 Å². The Morgan fingerprint density at radius 2 is 1.95 bits per heavy atom. The Bertz CT molecular complexity index is 610. The molecule has 0 saturated carbocycles. The van der Waals surface area contributed by atoms with E-state index in [1.54, 1.807) is 0 Å². The summed E-state index contributed by atoms with van der Waals surface area (Å²) in [4.78, 5) is 11.9. The van der Waals surface area contributed by atoms with Crippen molar-refractivity contribution in [2.45, 2.75) is 33.1 Å². The largest absolute Gasteiger partial charge is 0.324 e. The van der Waals surface area contributed by atoms with Crippen LogP contribution < -0.4 is 10.6 Å². The molecule has 2 aromatic rings. The maximum Gasteiger partial charge on any atom is 0.324 e. The van der Waals surface area contributed by atoms with E-state index in [9.17, 15) is 4.79 Å². The molecular formula is C15H20N4O. The van der Waals surface area contributed by atoms with Gasteiger partial charge >= 0.3 is 6.03 Å². The number of H-pyrrole nitrogens is 1. The molecule has 1 heterocycles. The van der Waals surface area contributed by atoms with Crippen LogP contribution in [-0.2, 0) is 5.41 Å². The van der Waals surface area contributed by atoms with Crippen LogP contribution in [0.5, 0.6) is 0 Å². The minimum absolute atomic E-state index is 0.0278. The number of nitrogens with zero attached hydrogens (tertiary/aromatic N) is 1. The van der Waals surface area contributed by atoms with Crippen molar-refractivity contribution in [3.05, 3.63) is 41.6 Å². The molecule has 0 aliphatic rings. The summed E-state index contributed by atoms with van der Waals surface area (Å²) >= 11 is 0. The van der Waals surface area contributed by atoms with E-state index in [2.05, 4.69) is 41.6 Å². The van der Waals surface area contributed by atoms with Crippen LogP contribution in [0.4, 0.5) is 16.3 Å². The van der Waals surface area contributed by atoms with Crippen molar-refractivity contribution in [3.63, 3.8) is 0 Å². The Morgan fingerprint density at radius 3 is 2.55 bits per heavy atom. The van der Waals surface area contributed by atoms with E-state index in [1.807, 2.05) is 37.3 Å². The molecule has 20 heavy (non-hydrogen) atoms. The second-order valence-corrected chi connectivity index (χ2v) is 5.87. The van der Waals surface area contributed by atoms with Crippen LogP contribution in [0.2, 0.25) is 0 Å². The monoisotopic (exact) mass is 272 g/mol. The maximum atomic E-state index is 11.9. The lowest BCUT2D eigenvalue weighted by Crippen LogP contribution is -2.19. The molecular weight excluding hydrogens is 252 g/mol. The molecule has 0 saturated heterocycles. The van der Waals surface area contributed by atoms with Gasteiger partial charge in [-0.15, -0.1) is 0 Å². The molecule has 5 heteroatoms. The molecule has 0 aliphatic heterocycles. The number of urea groups is 1. The SMILES string of the molecule is Cc1cccc(NC(=O)Nc2cc(C(C)(C)C)[nH]n2)c1. The highest BCUT2D eigenvalue weighted by atomic mass is 16.2. The van der Waals surface area contributed by atoms with Gasteiger partial charge in [-0.3, -0.25) is 10.4 Å². The molecule has 5 nitrogen and oxygen atoms in total. The summed E-state index contributed by atoms with van der Waals surface area (Å²) in [7, 11) is 0. The predicted molar refractivity (Wildman–Crippen MR) is 81.1 cm³/mol. The van der Waals surface area contributed by atoms with Crippen molar-refractivity contribution in [3.8, 4) is 0 Å². The zero-order valence-corrected chi connectivity index (χ0v) is 12.2. The van der Waals surface area contributed by atoms with Gasteiger partial charge in [0, 0.05) is 22.9 Å². The third-order valence-corrected chi connectivity index (χ3v) is 2.90. The number of rotatable bonds is 2. The second-order valence-electron chi connectivity index (χ2n) is 5.87. The van der Waals surface area contributed by atoms with Crippen LogP contribution in [-0.4, -0.2) is 16.2 Å². The summed E-state index contributed by atoms with van der Waals surface area (Å²) in [5.74, 6) is 0.514. The lowest BCUT2D eigenvalue weighted by atomic mass is 9.92. The fourth-order valence-corrected chi connectivity index (χ4v) is 1.77. The first-order valence-electron chi connectivity index (χ1n) is 6.55. The van der Waals surface area contributed by atoms with Gasteiger partial charge in [-0.05, 0) is 24.6 Å². The molecule has 2 rings (SSSR count). The summed E-state index contributed by atoms with van der Waals surface area (Å²) in [6.07, 6.45) is 0. The van der Waals surface area contributed by atoms with Crippen molar-refractivity contribution in [2.75, 3.05) is 10.6 Å². The number of aromatic amines is 1. The molecule has 0 unspecified atom stereocenters. The third kappa shape index (κ3) is 3.60. The molecule has 0 fully saturated rings. The number of amides is 2. The highest BCUT2D eigenvalue weighted by Crippen LogP contribution is 2.22. The number of hydrogen-bond acceptors (Lipinski definition) is 2. The normalized spacial score (nSPS) is 11.2. The minimum atomic E-state index is -0.303. The van der Waals surface area contributed by atoms with E-state index >= 15 is 0 Å². The van der Waals surface area contributed by atoms with Crippen LogP contribution in [0, 0.1) is 6.92 Å².